The molecule has 1 amide bonds. The average Bonchev–Trinajstić information content (AvgIpc) is 2.51. The van der Waals surface area contributed by atoms with E-state index in [4.69, 9.17) is 0 Å². The van der Waals surface area contributed by atoms with Crippen LogP contribution in [-0.2, 0) is 4.79 Å². The Morgan fingerprint density at radius 3 is 3.00 bits per heavy atom. The molecule has 0 saturated heterocycles. The molecule has 4 nitrogen and oxygen atoms in total. The van der Waals surface area contributed by atoms with Gasteiger partial charge in [-0.05, 0) is 6.42 Å². The summed E-state index contributed by atoms with van der Waals surface area (Å²) in [6, 6.07) is 0.0116. The summed E-state index contributed by atoms with van der Waals surface area (Å²) in [5.41, 5.74) is 0. The van der Waals surface area contributed by atoms with Crippen LogP contribution in [0.25, 0.3) is 0 Å². The lowest BCUT2D eigenvalue weighted by molar-refractivity contribution is -0.119. The number of carbonyl (C=O) groups excluding carboxylic acids is 1. The molecule has 0 saturated carbocycles. The molecule has 1 heterocycles. The third-order valence-corrected chi connectivity index (χ3v) is 1.64. The maximum Gasteiger partial charge on any atom is 0.217 e. The smallest absolute Gasteiger partial charge is 0.217 e. The van der Waals surface area contributed by atoms with Crippen molar-refractivity contribution in [1.29, 1.82) is 0 Å². The van der Waals surface area contributed by atoms with Crippen LogP contribution in [0.4, 0.5) is 0 Å². The van der Waals surface area contributed by atoms with Crippen LogP contribution in [0.5, 0.6) is 0 Å². The quantitative estimate of drug-likeness (QED) is 0.705. The minimum atomic E-state index is -0.0294. The number of aromatic nitrogens is 2. The van der Waals surface area contributed by atoms with E-state index in [1.165, 1.54) is 6.92 Å². The zero-order valence-electron chi connectivity index (χ0n) is 7.29. The van der Waals surface area contributed by atoms with Crippen molar-refractivity contribution in [3.05, 3.63) is 18.2 Å². The molecule has 12 heavy (non-hydrogen) atoms. The Morgan fingerprint density at radius 1 is 1.83 bits per heavy atom. The highest BCUT2D eigenvalue weighted by Gasteiger charge is 2.11. The number of rotatable bonds is 3. The van der Waals surface area contributed by atoms with Crippen LogP contribution in [0.15, 0.2) is 12.4 Å². The van der Waals surface area contributed by atoms with Crippen LogP contribution in [0.2, 0.25) is 0 Å². The fourth-order valence-corrected chi connectivity index (χ4v) is 1.08. The van der Waals surface area contributed by atoms with Gasteiger partial charge in [-0.25, -0.2) is 4.98 Å². The molecule has 0 aromatic carbocycles. The third-order valence-electron chi connectivity index (χ3n) is 1.64. The van der Waals surface area contributed by atoms with E-state index in [9.17, 15) is 4.79 Å². The highest BCUT2D eigenvalue weighted by atomic mass is 16.1. The summed E-state index contributed by atoms with van der Waals surface area (Å²) >= 11 is 0. The molecule has 0 bridgehead atoms. The molecular formula is C8H13N3O. The molecule has 2 N–H and O–H groups in total. The van der Waals surface area contributed by atoms with Gasteiger partial charge in [0, 0.05) is 19.3 Å². The van der Waals surface area contributed by atoms with E-state index in [1.807, 2.05) is 6.92 Å². The molecule has 1 rings (SSSR count). The first-order valence-electron chi connectivity index (χ1n) is 4.00. The third kappa shape index (κ3) is 2.08. The molecule has 1 aromatic rings. The van der Waals surface area contributed by atoms with E-state index in [2.05, 4.69) is 15.3 Å². The Morgan fingerprint density at radius 2 is 2.58 bits per heavy atom. The lowest BCUT2D eigenvalue weighted by Crippen LogP contribution is -2.26. The van der Waals surface area contributed by atoms with E-state index in [0.717, 1.165) is 12.2 Å². The van der Waals surface area contributed by atoms with Crippen molar-refractivity contribution in [3.8, 4) is 0 Å². The highest BCUT2D eigenvalue weighted by molar-refractivity contribution is 5.73. The topological polar surface area (TPSA) is 57.8 Å². The van der Waals surface area contributed by atoms with Gasteiger partial charge in [-0.3, -0.25) is 4.79 Å². The molecule has 0 aliphatic carbocycles. The monoisotopic (exact) mass is 167 g/mol. The number of nitrogens with zero attached hydrogens (tertiary/aromatic N) is 1. The largest absolute Gasteiger partial charge is 0.347 e. The Balaban J connectivity index is 2.63. The number of amides is 1. The lowest BCUT2D eigenvalue weighted by Gasteiger charge is -2.12. The molecule has 1 aromatic heterocycles. The fraction of sp³-hybridized carbons (Fsp3) is 0.500. The summed E-state index contributed by atoms with van der Waals surface area (Å²) in [4.78, 5) is 17.8. The van der Waals surface area contributed by atoms with Crippen molar-refractivity contribution >= 4 is 5.91 Å². The van der Waals surface area contributed by atoms with Crippen molar-refractivity contribution in [3.63, 3.8) is 0 Å². The number of carbonyl (C=O) groups is 1. The van der Waals surface area contributed by atoms with Crippen LogP contribution < -0.4 is 5.32 Å². The summed E-state index contributed by atoms with van der Waals surface area (Å²) in [5, 5.41) is 2.80. The van der Waals surface area contributed by atoms with Crippen molar-refractivity contribution < 1.29 is 4.79 Å². The van der Waals surface area contributed by atoms with Gasteiger partial charge in [-0.15, -0.1) is 0 Å². The van der Waals surface area contributed by atoms with Gasteiger partial charge < -0.3 is 10.3 Å². The van der Waals surface area contributed by atoms with Gasteiger partial charge in [0.15, 0.2) is 0 Å². The molecule has 4 heteroatoms. The zero-order chi connectivity index (χ0) is 8.97. The van der Waals surface area contributed by atoms with Crippen LogP contribution in [0, 0.1) is 0 Å². The van der Waals surface area contributed by atoms with Crippen molar-refractivity contribution in [2.45, 2.75) is 26.3 Å². The number of H-pyrrole nitrogens is 1. The van der Waals surface area contributed by atoms with E-state index in [-0.39, 0.29) is 11.9 Å². The van der Waals surface area contributed by atoms with Crippen LogP contribution in [0.3, 0.4) is 0 Å². The molecule has 0 fully saturated rings. The van der Waals surface area contributed by atoms with Crippen LogP contribution in [0.1, 0.15) is 32.1 Å². The predicted molar refractivity (Wildman–Crippen MR) is 45.4 cm³/mol. The summed E-state index contributed by atoms with van der Waals surface area (Å²) in [5.74, 6) is 0.783. The van der Waals surface area contributed by atoms with Gasteiger partial charge >= 0.3 is 0 Å². The number of imidazole rings is 1. The molecule has 1 atom stereocenters. The van der Waals surface area contributed by atoms with E-state index in [0.29, 0.717) is 0 Å². The molecule has 0 radical (unpaired) electrons. The molecular weight excluding hydrogens is 154 g/mol. The first-order valence-corrected chi connectivity index (χ1v) is 4.00. The van der Waals surface area contributed by atoms with Gasteiger partial charge in [0.05, 0.1) is 6.04 Å². The Hall–Kier alpha value is -1.32. The summed E-state index contributed by atoms with van der Waals surface area (Å²) < 4.78 is 0. The van der Waals surface area contributed by atoms with E-state index < -0.39 is 0 Å². The van der Waals surface area contributed by atoms with Crippen LogP contribution >= 0.6 is 0 Å². The zero-order valence-corrected chi connectivity index (χ0v) is 7.29. The second-order valence-corrected chi connectivity index (χ2v) is 2.64. The van der Waals surface area contributed by atoms with Gasteiger partial charge in [-0.1, -0.05) is 6.92 Å². The Bertz CT molecular complexity index is 243. The van der Waals surface area contributed by atoms with Crippen molar-refractivity contribution in [2.75, 3.05) is 0 Å². The fourth-order valence-electron chi connectivity index (χ4n) is 1.08. The average molecular weight is 167 g/mol. The van der Waals surface area contributed by atoms with E-state index in [1.54, 1.807) is 12.4 Å². The highest BCUT2D eigenvalue weighted by Crippen LogP contribution is 2.10. The maximum atomic E-state index is 10.8. The maximum absolute atomic E-state index is 10.8. The lowest BCUT2D eigenvalue weighted by atomic mass is 10.2. The number of hydrogen-bond donors (Lipinski definition) is 2. The summed E-state index contributed by atoms with van der Waals surface area (Å²) in [6.07, 6.45) is 4.27. The van der Waals surface area contributed by atoms with Crippen molar-refractivity contribution in [1.82, 2.24) is 15.3 Å². The van der Waals surface area contributed by atoms with Gasteiger partial charge in [-0.2, -0.15) is 0 Å². The summed E-state index contributed by atoms with van der Waals surface area (Å²) in [6.45, 7) is 3.51. The predicted octanol–water partition coefficient (Wildman–Crippen LogP) is 0.997. The minimum absolute atomic E-state index is 0.0116. The van der Waals surface area contributed by atoms with Gasteiger partial charge in [0.1, 0.15) is 5.82 Å². The SMILES string of the molecule is CCC(NC(C)=O)c1ncc[nH]1. The molecule has 0 spiro atoms. The molecule has 66 valence electrons. The summed E-state index contributed by atoms with van der Waals surface area (Å²) in [7, 11) is 0. The Kier molecular flexibility index (Phi) is 2.85. The number of aromatic amines is 1. The molecule has 0 aliphatic heterocycles. The van der Waals surface area contributed by atoms with Gasteiger partial charge in [0.2, 0.25) is 5.91 Å². The van der Waals surface area contributed by atoms with E-state index >= 15 is 0 Å². The number of nitrogens with one attached hydrogen (secondary N) is 2. The standard InChI is InChI=1S/C8H13N3O/c1-3-7(11-6(2)12)8-9-4-5-10-8/h4-5,7H,3H2,1-2H3,(H,9,10)(H,11,12). The van der Waals surface area contributed by atoms with Gasteiger partial charge in [0.25, 0.3) is 0 Å². The second kappa shape index (κ2) is 3.90. The number of hydrogen-bond acceptors (Lipinski definition) is 2. The normalized spacial score (nSPS) is 12.5. The minimum Gasteiger partial charge on any atom is -0.347 e. The second-order valence-electron chi connectivity index (χ2n) is 2.64. The molecule has 1 unspecified atom stereocenters. The van der Waals surface area contributed by atoms with Crippen molar-refractivity contribution in [2.24, 2.45) is 0 Å². The molecule has 0 aliphatic rings. The Labute approximate surface area is 71.4 Å². The first kappa shape index (κ1) is 8.77. The van der Waals surface area contributed by atoms with Crippen LogP contribution in [-0.4, -0.2) is 15.9 Å². The first-order chi connectivity index (χ1) is 5.74.